The molecule has 1 heterocycles. The number of rotatable bonds is 3. The molecule has 0 aromatic rings. The number of carbonyl (C=O) groups excluding carboxylic acids is 1. The van der Waals surface area contributed by atoms with Crippen LogP contribution in [-0.2, 0) is 9.47 Å². The molecule has 0 radical (unpaired) electrons. The van der Waals surface area contributed by atoms with Gasteiger partial charge in [-0.3, -0.25) is 0 Å². The van der Waals surface area contributed by atoms with Crippen molar-refractivity contribution in [1.29, 1.82) is 0 Å². The summed E-state index contributed by atoms with van der Waals surface area (Å²) in [5.74, 6) is 5.45. The number of hydrogen-bond donors (Lipinski definition) is 1. The fourth-order valence-electron chi connectivity index (χ4n) is 0.838. The van der Waals surface area contributed by atoms with Gasteiger partial charge in [-0.25, -0.2) is 4.79 Å². The van der Waals surface area contributed by atoms with Gasteiger partial charge in [0.15, 0.2) is 0 Å². The van der Waals surface area contributed by atoms with Crippen molar-refractivity contribution in [1.82, 2.24) is 5.32 Å². The number of alkyl carbamates (subject to hydrolysis) is 1. The van der Waals surface area contributed by atoms with Crippen LogP contribution in [0.1, 0.15) is 6.92 Å². The van der Waals surface area contributed by atoms with E-state index in [4.69, 9.17) is 9.47 Å². The summed E-state index contributed by atoms with van der Waals surface area (Å²) < 4.78 is 9.93. The molecular formula is C8H11NO3. The van der Waals surface area contributed by atoms with Crippen molar-refractivity contribution in [2.75, 3.05) is 19.8 Å². The molecule has 0 spiro atoms. The molecule has 1 aliphatic rings. The van der Waals surface area contributed by atoms with Gasteiger partial charge in [-0.15, -0.1) is 5.92 Å². The highest BCUT2D eigenvalue weighted by Crippen LogP contribution is 1.99. The molecule has 0 saturated carbocycles. The SMILES string of the molecule is CC#CCOCC1CNC(=O)O1. The zero-order chi connectivity index (χ0) is 8.81. The van der Waals surface area contributed by atoms with E-state index in [1.165, 1.54) is 0 Å². The molecule has 1 saturated heterocycles. The molecule has 1 unspecified atom stereocenters. The highest BCUT2D eigenvalue weighted by molar-refractivity contribution is 5.69. The number of hydrogen-bond acceptors (Lipinski definition) is 3. The second-order valence-corrected chi connectivity index (χ2v) is 2.35. The molecule has 1 amide bonds. The van der Waals surface area contributed by atoms with Gasteiger partial charge < -0.3 is 14.8 Å². The Morgan fingerprint density at radius 3 is 3.25 bits per heavy atom. The van der Waals surface area contributed by atoms with Crippen molar-refractivity contribution in [2.24, 2.45) is 0 Å². The molecular weight excluding hydrogens is 158 g/mol. The fourth-order valence-corrected chi connectivity index (χ4v) is 0.838. The maximum Gasteiger partial charge on any atom is 0.407 e. The van der Waals surface area contributed by atoms with E-state index in [1.807, 2.05) is 0 Å². The van der Waals surface area contributed by atoms with Crippen LogP contribution in [0.4, 0.5) is 4.79 Å². The lowest BCUT2D eigenvalue weighted by atomic mass is 10.4. The van der Waals surface area contributed by atoms with Crippen molar-refractivity contribution < 1.29 is 14.3 Å². The predicted octanol–water partition coefficient (Wildman–Crippen LogP) is 0.135. The topological polar surface area (TPSA) is 47.6 Å². The summed E-state index contributed by atoms with van der Waals surface area (Å²) >= 11 is 0. The largest absolute Gasteiger partial charge is 0.442 e. The van der Waals surface area contributed by atoms with Crippen molar-refractivity contribution in [3.8, 4) is 11.8 Å². The molecule has 0 bridgehead atoms. The Hall–Kier alpha value is -1.21. The molecule has 4 heteroatoms. The summed E-state index contributed by atoms with van der Waals surface area (Å²) in [5.41, 5.74) is 0. The maximum absolute atomic E-state index is 10.5. The Morgan fingerprint density at radius 1 is 1.83 bits per heavy atom. The van der Waals surface area contributed by atoms with Crippen LogP contribution in [0.2, 0.25) is 0 Å². The minimum absolute atomic E-state index is 0.156. The smallest absolute Gasteiger partial charge is 0.407 e. The van der Waals surface area contributed by atoms with Gasteiger partial charge in [-0.2, -0.15) is 0 Å². The third-order valence-corrected chi connectivity index (χ3v) is 1.40. The fraction of sp³-hybridized carbons (Fsp3) is 0.625. The summed E-state index contributed by atoms with van der Waals surface area (Å²) in [6.45, 7) is 3.08. The van der Waals surface area contributed by atoms with Gasteiger partial charge >= 0.3 is 6.09 Å². The number of ether oxygens (including phenoxy) is 2. The van der Waals surface area contributed by atoms with Gasteiger partial charge in [0.05, 0.1) is 13.2 Å². The Labute approximate surface area is 71.2 Å². The van der Waals surface area contributed by atoms with Crippen LogP contribution in [0, 0.1) is 11.8 Å². The van der Waals surface area contributed by atoms with Crippen LogP contribution < -0.4 is 5.32 Å². The van der Waals surface area contributed by atoms with Crippen LogP contribution in [-0.4, -0.2) is 32.0 Å². The molecule has 1 fully saturated rings. The third-order valence-electron chi connectivity index (χ3n) is 1.40. The lowest BCUT2D eigenvalue weighted by Crippen LogP contribution is -2.20. The van der Waals surface area contributed by atoms with E-state index in [1.54, 1.807) is 6.92 Å². The van der Waals surface area contributed by atoms with E-state index < -0.39 is 0 Å². The lowest BCUT2D eigenvalue weighted by molar-refractivity contribution is 0.0598. The minimum atomic E-state index is -0.370. The molecule has 0 aromatic carbocycles. The third kappa shape index (κ3) is 2.81. The maximum atomic E-state index is 10.5. The van der Waals surface area contributed by atoms with Gasteiger partial charge in [-0.1, -0.05) is 5.92 Å². The van der Waals surface area contributed by atoms with Gasteiger partial charge in [0.2, 0.25) is 0 Å². The second-order valence-electron chi connectivity index (χ2n) is 2.35. The van der Waals surface area contributed by atoms with Crippen LogP contribution >= 0.6 is 0 Å². The van der Waals surface area contributed by atoms with E-state index >= 15 is 0 Å². The number of amides is 1. The highest BCUT2D eigenvalue weighted by atomic mass is 16.6. The minimum Gasteiger partial charge on any atom is -0.442 e. The summed E-state index contributed by atoms with van der Waals surface area (Å²) in [6.07, 6.45) is -0.527. The van der Waals surface area contributed by atoms with E-state index in [9.17, 15) is 4.79 Å². The molecule has 1 rings (SSSR count). The Balaban J connectivity index is 2.06. The standard InChI is InChI=1S/C8H11NO3/c1-2-3-4-11-6-7-5-9-8(10)12-7/h7H,4-6H2,1H3,(H,9,10). The molecule has 66 valence electrons. The Kier molecular flexibility index (Phi) is 3.42. The average Bonchev–Trinajstić information content (AvgIpc) is 2.45. The van der Waals surface area contributed by atoms with Crippen molar-refractivity contribution in [2.45, 2.75) is 13.0 Å². The van der Waals surface area contributed by atoms with Crippen molar-refractivity contribution >= 4 is 6.09 Å². The molecule has 0 aliphatic carbocycles. The van der Waals surface area contributed by atoms with Gasteiger partial charge in [0.25, 0.3) is 0 Å². The average molecular weight is 169 g/mol. The first kappa shape index (κ1) is 8.88. The zero-order valence-electron chi connectivity index (χ0n) is 6.92. The summed E-state index contributed by atoms with van der Waals surface area (Å²) in [7, 11) is 0. The van der Waals surface area contributed by atoms with E-state index in [2.05, 4.69) is 17.2 Å². The zero-order valence-corrected chi connectivity index (χ0v) is 6.92. The first-order chi connectivity index (χ1) is 5.83. The van der Waals surface area contributed by atoms with Crippen molar-refractivity contribution in [3.05, 3.63) is 0 Å². The molecule has 1 aliphatic heterocycles. The van der Waals surface area contributed by atoms with E-state index in [-0.39, 0.29) is 12.2 Å². The lowest BCUT2D eigenvalue weighted by Gasteiger charge is -2.05. The molecule has 4 nitrogen and oxygen atoms in total. The predicted molar refractivity (Wildman–Crippen MR) is 42.5 cm³/mol. The van der Waals surface area contributed by atoms with Gasteiger partial charge in [-0.05, 0) is 6.92 Å². The normalized spacial score (nSPS) is 20.8. The van der Waals surface area contributed by atoms with E-state index in [0.717, 1.165) is 0 Å². The van der Waals surface area contributed by atoms with Crippen LogP contribution in [0.5, 0.6) is 0 Å². The summed E-state index contributed by atoms with van der Waals surface area (Å²) in [4.78, 5) is 10.5. The van der Waals surface area contributed by atoms with Crippen LogP contribution in [0.3, 0.4) is 0 Å². The summed E-state index contributed by atoms with van der Waals surface area (Å²) in [5, 5.41) is 2.53. The monoisotopic (exact) mass is 169 g/mol. The van der Waals surface area contributed by atoms with Gasteiger partial charge in [0, 0.05) is 0 Å². The van der Waals surface area contributed by atoms with Crippen LogP contribution in [0.25, 0.3) is 0 Å². The quantitative estimate of drug-likeness (QED) is 0.482. The van der Waals surface area contributed by atoms with Gasteiger partial charge in [0.1, 0.15) is 12.7 Å². The Morgan fingerprint density at radius 2 is 2.67 bits per heavy atom. The summed E-state index contributed by atoms with van der Waals surface area (Å²) in [6, 6.07) is 0. The molecule has 12 heavy (non-hydrogen) atoms. The van der Waals surface area contributed by atoms with E-state index in [0.29, 0.717) is 19.8 Å². The first-order valence-corrected chi connectivity index (χ1v) is 3.74. The highest BCUT2D eigenvalue weighted by Gasteiger charge is 2.21. The number of cyclic esters (lactones) is 1. The molecule has 0 aromatic heterocycles. The number of nitrogens with one attached hydrogen (secondary N) is 1. The van der Waals surface area contributed by atoms with Crippen LogP contribution in [0.15, 0.2) is 0 Å². The van der Waals surface area contributed by atoms with Crippen molar-refractivity contribution in [3.63, 3.8) is 0 Å². The molecule has 1 atom stereocenters. The first-order valence-electron chi connectivity index (χ1n) is 3.74. The molecule has 1 N–H and O–H groups in total. The number of carbonyl (C=O) groups is 1. The Bertz CT molecular complexity index is 216. The second kappa shape index (κ2) is 4.62.